The van der Waals surface area contributed by atoms with Crippen molar-refractivity contribution in [1.82, 2.24) is 9.80 Å². The van der Waals surface area contributed by atoms with Crippen LogP contribution in [0.5, 0.6) is 0 Å². The molecule has 2 aliphatic heterocycles. The van der Waals surface area contributed by atoms with Crippen LogP contribution in [0.2, 0.25) is 0 Å². The van der Waals surface area contributed by atoms with E-state index in [-0.39, 0.29) is 23.8 Å². The molecule has 6 heteroatoms. The number of hydrogen-bond donors (Lipinski definition) is 0. The lowest BCUT2D eigenvalue weighted by atomic mass is 9.77. The second-order valence-corrected chi connectivity index (χ2v) is 6.94. The van der Waals surface area contributed by atoms with E-state index in [0.717, 1.165) is 18.9 Å². The van der Waals surface area contributed by atoms with Gasteiger partial charge in [-0.15, -0.1) is 0 Å². The number of nitrogens with zero attached hydrogens (tertiary/aromatic N) is 2. The van der Waals surface area contributed by atoms with Crippen molar-refractivity contribution in [3.63, 3.8) is 0 Å². The molecule has 0 aliphatic carbocycles. The van der Waals surface area contributed by atoms with Gasteiger partial charge in [0.1, 0.15) is 11.6 Å². The van der Waals surface area contributed by atoms with Crippen LogP contribution in [0.3, 0.4) is 0 Å². The Morgan fingerprint density at radius 1 is 1.17 bits per heavy atom. The van der Waals surface area contributed by atoms with E-state index in [1.165, 1.54) is 12.1 Å². The van der Waals surface area contributed by atoms with Gasteiger partial charge in [0.05, 0.1) is 0 Å². The van der Waals surface area contributed by atoms with Gasteiger partial charge in [-0.3, -0.25) is 9.59 Å². The fourth-order valence-corrected chi connectivity index (χ4v) is 3.84. The summed E-state index contributed by atoms with van der Waals surface area (Å²) < 4.78 is 26.6. The van der Waals surface area contributed by atoms with E-state index in [1.54, 1.807) is 4.90 Å². The van der Waals surface area contributed by atoms with Crippen LogP contribution in [-0.4, -0.2) is 41.2 Å². The molecule has 1 spiro atoms. The highest BCUT2D eigenvalue weighted by atomic mass is 19.1. The number of hydrogen-bond acceptors (Lipinski definition) is 2. The molecule has 0 bridgehead atoms. The molecular weight excluding hydrogens is 314 g/mol. The number of piperidine rings is 1. The highest BCUT2D eigenvalue weighted by Gasteiger charge is 2.45. The van der Waals surface area contributed by atoms with Crippen molar-refractivity contribution >= 4 is 11.8 Å². The van der Waals surface area contributed by atoms with Gasteiger partial charge >= 0.3 is 0 Å². The average Bonchev–Trinajstić information content (AvgIpc) is 2.81. The lowest BCUT2D eigenvalue weighted by molar-refractivity contribution is -0.133. The standard InChI is InChI=1S/C18H22F2N2O2/c1-2-16(23)21-5-3-18(4-6-21)10-17(24)22(12-18)11-13-7-14(19)9-15(20)8-13/h7-9H,2-6,10-12H2,1H3. The van der Waals surface area contributed by atoms with E-state index in [2.05, 4.69) is 0 Å². The molecular formula is C18H22F2N2O2. The maximum absolute atomic E-state index is 13.3. The molecule has 0 radical (unpaired) electrons. The molecule has 24 heavy (non-hydrogen) atoms. The molecule has 0 saturated carbocycles. The van der Waals surface area contributed by atoms with Gasteiger partial charge in [-0.25, -0.2) is 8.78 Å². The van der Waals surface area contributed by atoms with Crippen LogP contribution >= 0.6 is 0 Å². The largest absolute Gasteiger partial charge is 0.343 e. The second kappa shape index (κ2) is 6.49. The van der Waals surface area contributed by atoms with Gasteiger partial charge in [-0.2, -0.15) is 0 Å². The topological polar surface area (TPSA) is 40.6 Å². The quantitative estimate of drug-likeness (QED) is 0.851. The summed E-state index contributed by atoms with van der Waals surface area (Å²) in [6.45, 7) is 4.04. The first-order valence-electron chi connectivity index (χ1n) is 8.41. The van der Waals surface area contributed by atoms with E-state index in [4.69, 9.17) is 0 Å². The Morgan fingerprint density at radius 2 is 1.79 bits per heavy atom. The van der Waals surface area contributed by atoms with Crippen LogP contribution in [0.4, 0.5) is 8.78 Å². The minimum atomic E-state index is -0.627. The van der Waals surface area contributed by atoms with Gasteiger partial charge < -0.3 is 9.80 Å². The second-order valence-electron chi connectivity index (χ2n) is 6.94. The summed E-state index contributed by atoms with van der Waals surface area (Å²) in [6.07, 6.45) is 2.57. The van der Waals surface area contributed by atoms with Crippen LogP contribution in [0.1, 0.15) is 38.2 Å². The molecule has 0 aromatic heterocycles. The molecule has 1 aromatic carbocycles. The molecule has 0 unspecified atom stereocenters. The lowest BCUT2D eigenvalue weighted by Crippen LogP contribution is -2.44. The van der Waals surface area contributed by atoms with Crippen molar-refractivity contribution in [2.45, 2.75) is 39.2 Å². The Labute approximate surface area is 140 Å². The van der Waals surface area contributed by atoms with Gasteiger partial charge in [0.25, 0.3) is 0 Å². The smallest absolute Gasteiger partial charge is 0.223 e. The average molecular weight is 336 g/mol. The highest BCUT2D eigenvalue weighted by molar-refractivity contribution is 5.80. The van der Waals surface area contributed by atoms with E-state index in [9.17, 15) is 18.4 Å². The van der Waals surface area contributed by atoms with Crippen molar-refractivity contribution in [1.29, 1.82) is 0 Å². The molecule has 2 fully saturated rings. The highest BCUT2D eigenvalue weighted by Crippen LogP contribution is 2.41. The number of carbonyl (C=O) groups is 2. The van der Waals surface area contributed by atoms with Crippen LogP contribution in [0.25, 0.3) is 0 Å². The molecule has 4 nitrogen and oxygen atoms in total. The summed E-state index contributed by atoms with van der Waals surface area (Å²) in [5, 5.41) is 0. The van der Waals surface area contributed by atoms with Crippen molar-refractivity contribution < 1.29 is 18.4 Å². The Bertz CT molecular complexity index is 634. The third kappa shape index (κ3) is 3.42. The van der Waals surface area contributed by atoms with Gasteiger partial charge in [-0.1, -0.05) is 6.92 Å². The molecule has 130 valence electrons. The molecule has 2 saturated heterocycles. The first-order valence-corrected chi connectivity index (χ1v) is 8.41. The zero-order valence-electron chi connectivity index (χ0n) is 13.9. The van der Waals surface area contributed by atoms with Crippen molar-refractivity contribution in [2.75, 3.05) is 19.6 Å². The number of carbonyl (C=O) groups excluding carboxylic acids is 2. The first-order chi connectivity index (χ1) is 11.4. The van der Waals surface area contributed by atoms with E-state index < -0.39 is 11.6 Å². The number of benzene rings is 1. The van der Waals surface area contributed by atoms with Gasteiger partial charge in [0.2, 0.25) is 11.8 Å². The number of likely N-dealkylation sites (tertiary alicyclic amines) is 2. The summed E-state index contributed by atoms with van der Waals surface area (Å²) in [5.41, 5.74) is 0.365. The monoisotopic (exact) mass is 336 g/mol. The predicted molar refractivity (Wildman–Crippen MR) is 84.9 cm³/mol. The SMILES string of the molecule is CCC(=O)N1CCC2(CC1)CC(=O)N(Cc1cc(F)cc(F)c1)C2. The third-order valence-corrected chi connectivity index (χ3v) is 5.18. The Morgan fingerprint density at radius 3 is 2.38 bits per heavy atom. The predicted octanol–water partition coefficient (Wildman–Crippen LogP) is 2.72. The fraction of sp³-hybridized carbons (Fsp3) is 0.556. The summed E-state index contributed by atoms with van der Waals surface area (Å²) in [4.78, 5) is 27.7. The fourth-order valence-electron chi connectivity index (χ4n) is 3.84. The van der Waals surface area contributed by atoms with Crippen LogP contribution in [-0.2, 0) is 16.1 Å². The summed E-state index contributed by atoms with van der Waals surface area (Å²) >= 11 is 0. The van der Waals surface area contributed by atoms with Crippen LogP contribution < -0.4 is 0 Å². The Kier molecular flexibility index (Phi) is 4.56. The van der Waals surface area contributed by atoms with Gasteiger partial charge in [0, 0.05) is 50.5 Å². The normalized spacial score (nSPS) is 20.0. The molecule has 0 atom stereocenters. The molecule has 0 N–H and O–H groups in total. The molecule has 2 amide bonds. The van der Waals surface area contributed by atoms with E-state index in [1.807, 2.05) is 11.8 Å². The maximum atomic E-state index is 13.3. The minimum absolute atomic E-state index is 0.0231. The number of halogens is 2. The van der Waals surface area contributed by atoms with E-state index >= 15 is 0 Å². The summed E-state index contributed by atoms with van der Waals surface area (Å²) in [6, 6.07) is 3.37. The zero-order chi connectivity index (χ0) is 17.3. The summed E-state index contributed by atoms with van der Waals surface area (Å²) in [7, 11) is 0. The van der Waals surface area contributed by atoms with Crippen molar-refractivity contribution in [2.24, 2.45) is 5.41 Å². The van der Waals surface area contributed by atoms with Crippen molar-refractivity contribution in [3.8, 4) is 0 Å². The van der Waals surface area contributed by atoms with Crippen LogP contribution in [0, 0.1) is 17.0 Å². The molecule has 1 aromatic rings. The van der Waals surface area contributed by atoms with Crippen molar-refractivity contribution in [3.05, 3.63) is 35.4 Å². The summed E-state index contributed by atoms with van der Waals surface area (Å²) in [5.74, 6) is -1.08. The lowest BCUT2D eigenvalue weighted by Gasteiger charge is -2.38. The van der Waals surface area contributed by atoms with Gasteiger partial charge in [0.15, 0.2) is 0 Å². The third-order valence-electron chi connectivity index (χ3n) is 5.18. The van der Waals surface area contributed by atoms with Gasteiger partial charge in [-0.05, 0) is 30.5 Å². The molecule has 3 rings (SSSR count). The number of rotatable bonds is 3. The Balaban J connectivity index is 1.65. The number of amides is 2. The zero-order valence-corrected chi connectivity index (χ0v) is 13.9. The first kappa shape index (κ1) is 16.9. The Hall–Kier alpha value is -1.98. The molecule has 2 aliphatic rings. The minimum Gasteiger partial charge on any atom is -0.343 e. The van der Waals surface area contributed by atoms with Crippen LogP contribution in [0.15, 0.2) is 18.2 Å². The maximum Gasteiger partial charge on any atom is 0.223 e. The molecule has 2 heterocycles. The van der Waals surface area contributed by atoms with E-state index in [0.29, 0.717) is 38.0 Å².